The monoisotopic (exact) mass is 192 g/mol. The van der Waals surface area contributed by atoms with Crippen molar-refractivity contribution in [1.29, 1.82) is 0 Å². The lowest BCUT2D eigenvalue weighted by Crippen LogP contribution is -2.03. The number of hydrogen-bond acceptors (Lipinski definition) is 3. The van der Waals surface area contributed by atoms with Gasteiger partial charge in [0.05, 0.1) is 0 Å². The van der Waals surface area contributed by atoms with E-state index >= 15 is 0 Å². The summed E-state index contributed by atoms with van der Waals surface area (Å²) in [6, 6.07) is 8.74. The predicted molar refractivity (Wildman–Crippen MR) is 54.6 cm³/mol. The summed E-state index contributed by atoms with van der Waals surface area (Å²) in [6.07, 6.45) is 1.03. The van der Waals surface area contributed by atoms with Crippen LogP contribution >= 0.6 is 0 Å². The van der Waals surface area contributed by atoms with Gasteiger partial charge in [0.2, 0.25) is 0 Å². The van der Waals surface area contributed by atoms with E-state index in [1.807, 2.05) is 6.07 Å². The molecule has 1 aromatic rings. The third-order valence-corrected chi connectivity index (χ3v) is 1.13. The molecule has 0 spiro atoms. The summed E-state index contributed by atoms with van der Waals surface area (Å²) < 4.78 is 0. The van der Waals surface area contributed by atoms with Crippen molar-refractivity contribution in [2.24, 2.45) is 0 Å². The minimum absolute atomic E-state index is 0.479. The molecular weight excluding hydrogens is 180 g/mol. The van der Waals surface area contributed by atoms with E-state index < -0.39 is 5.97 Å². The first-order chi connectivity index (χ1) is 6.83. The molecule has 0 aliphatic rings. The number of hydrogen-bond donors (Lipinski definition) is 0. The van der Waals surface area contributed by atoms with E-state index in [4.69, 9.17) is 0 Å². The Labute approximate surface area is 83.2 Å². The highest BCUT2D eigenvalue weighted by Crippen LogP contribution is 2.08. The van der Waals surface area contributed by atoms with Crippen LogP contribution < -0.4 is 4.89 Å². The van der Waals surface area contributed by atoms with Gasteiger partial charge in [0.25, 0.3) is 0 Å². The zero-order valence-corrected chi connectivity index (χ0v) is 7.81. The van der Waals surface area contributed by atoms with Crippen LogP contribution in [0.25, 0.3) is 0 Å². The topological polar surface area (TPSA) is 35.5 Å². The summed E-state index contributed by atoms with van der Waals surface area (Å²) in [4.78, 5) is 19.5. The maximum absolute atomic E-state index is 10.5. The summed E-state index contributed by atoms with van der Waals surface area (Å²) in [5.74, 6) is -0.133. The minimum Gasteiger partial charge on any atom is -0.287 e. The first-order valence-corrected chi connectivity index (χ1v) is 3.89. The molecule has 0 amide bonds. The van der Waals surface area contributed by atoms with Crippen LogP contribution in [0.4, 0.5) is 0 Å². The Bertz CT molecular complexity index is 280. The molecule has 3 nitrogen and oxygen atoms in total. The van der Waals surface area contributed by atoms with E-state index in [1.165, 1.54) is 0 Å². The van der Waals surface area contributed by atoms with Gasteiger partial charge in [0.1, 0.15) is 0 Å². The minimum atomic E-state index is -0.612. The van der Waals surface area contributed by atoms with Crippen molar-refractivity contribution in [1.82, 2.24) is 0 Å². The second-order valence-electron chi connectivity index (χ2n) is 2.00. The van der Waals surface area contributed by atoms with Crippen molar-refractivity contribution in [3.63, 3.8) is 0 Å². The highest BCUT2D eigenvalue weighted by atomic mass is 17.2. The Morgan fingerprint density at radius 3 is 2.29 bits per heavy atom. The van der Waals surface area contributed by atoms with Crippen LogP contribution in [0.5, 0.6) is 5.75 Å². The zero-order valence-electron chi connectivity index (χ0n) is 7.81. The van der Waals surface area contributed by atoms with Gasteiger partial charge in [0.15, 0.2) is 5.75 Å². The molecule has 0 aliphatic carbocycles. The van der Waals surface area contributed by atoms with Crippen LogP contribution in [-0.4, -0.2) is 5.97 Å². The number of carbonyl (C=O) groups excluding carboxylic acids is 1. The molecule has 0 atom stereocenters. The third-order valence-electron chi connectivity index (χ3n) is 1.13. The molecule has 3 heteroatoms. The van der Waals surface area contributed by atoms with Crippen LogP contribution in [0.2, 0.25) is 0 Å². The van der Waals surface area contributed by atoms with Gasteiger partial charge >= 0.3 is 5.97 Å². The molecule has 0 bridgehead atoms. The van der Waals surface area contributed by atoms with Crippen LogP contribution in [0.1, 0.15) is 0 Å². The van der Waals surface area contributed by atoms with Gasteiger partial charge < -0.3 is 0 Å². The van der Waals surface area contributed by atoms with Crippen LogP contribution in [0.15, 0.2) is 56.1 Å². The fraction of sp³-hybridized carbons (Fsp3) is 0. The van der Waals surface area contributed by atoms with Crippen molar-refractivity contribution in [3.05, 3.63) is 56.1 Å². The smallest absolute Gasteiger partial charge is 0.287 e. The molecule has 1 aromatic carbocycles. The third kappa shape index (κ3) is 4.77. The number of para-hydroxylation sites is 1. The second-order valence-corrected chi connectivity index (χ2v) is 2.00. The van der Waals surface area contributed by atoms with E-state index in [0.29, 0.717) is 5.75 Å². The molecule has 0 heterocycles. The lowest BCUT2D eigenvalue weighted by Gasteiger charge is -2.00. The summed E-state index contributed by atoms with van der Waals surface area (Å²) >= 11 is 0. The fourth-order valence-corrected chi connectivity index (χ4v) is 0.599. The average molecular weight is 192 g/mol. The molecule has 0 unspecified atom stereocenters. The first-order valence-electron chi connectivity index (χ1n) is 3.89. The van der Waals surface area contributed by atoms with E-state index in [-0.39, 0.29) is 0 Å². The molecule has 0 fully saturated rings. The van der Waals surface area contributed by atoms with Crippen LogP contribution in [0, 0.1) is 0 Å². The molecule has 0 saturated heterocycles. The maximum Gasteiger partial charge on any atom is 0.378 e. The number of benzene rings is 1. The predicted octanol–water partition coefficient (Wildman–Crippen LogP) is 2.51. The SMILES string of the molecule is C=C.C=CC(=O)OOc1ccccc1. The summed E-state index contributed by atoms with van der Waals surface area (Å²) in [6.45, 7) is 9.22. The fourth-order valence-electron chi connectivity index (χ4n) is 0.599. The lowest BCUT2D eigenvalue weighted by atomic mass is 10.3. The summed E-state index contributed by atoms with van der Waals surface area (Å²) in [7, 11) is 0. The highest BCUT2D eigenvalue weighted by Gasteiger charge is 1.97. The summed E-state index contributed by atoms with van der Waals surface area (Å²) in [5.41, 5.74) is 0. The van der Waals surface area contributed by atoms with Crippen molar-refractivity contribution in [2.45, 2.75) is 0 Å². The molecule has 0 N–H and O–H groups in total. The van der Waals surface area contributed by atoms with E-state index in [2.05, 4.69) is 29.5 Å². The second kappa shape index (κ2) is 7.61. The molecular formula is C11H12O3. The highest BCUT2D eigenvalue weighted by molar-refractivity contribution is 5.80. The number of rotatable bonds is 3. The van der Waals surface area contributed by atoms with Crippen LogP contribution in [-0.2, 0) is 9.68 Å². The van der Waals surface area contributed by atoms with Crippen molar-refractivity contribution < 1.29 is 14.6 Å². The van der Waals surface area contributed by atoms with E-state index in [0.717, 1.165) is 6.08 Å². The van der Waals surface area contributed by atoms with Crippen molar-refractivity contribution in [2.75, 3.05) is 0 Å². The van der Waals surface area contributed by atoms with Gasteiger partial charge in [-0.3, -0.25) is 4.89 Å². The average Bonchev–Trinajstić information content (AvgIpc) is 2.30. The normalized spacial score (nSPS) is 7.71. The Morgan fingerprint density at radius 2 is 1.79 bits per heavy atom. The Balaban J connectivity index is 0.000000791. The van der Waals surface area contributed by atoms with Crippen LogP contribution in [0.3, 0.4) is 0 Å². The Kier molecular flexibility index (Phi) is 6.51. The Hall–Kier alpha value is -2.03. The van der Waals surface area contributed by atoms with Crippen molar-refractivity contribution in [3.8, 4) is 5.75 Å². The summed E-state index contributed by atoms with van der Waals surface area (Å²) in [5, 5.41) is 0. The molecule has 0 saturated carbocycles. The van der Waals surface area contributed by atoms with E-state index in [1.54, 1.807) is 24.3 Å². The Morgan fingerprint density at radius 1 is 1.21 bits per heavy atom. The largest absolute Gasteiger partial charge is 0.378 e. The quantitative estimate of drug-likeness (QED) is 0.319. The molecule has 0 aliphatic heterocycles. The van der Waals surface area contributed by atoms with Gasteiger partial charge in [-0.1, -0.05) is 24.8 Å². The first kappa shape index (κ1) is 12.0. The zero-order chi connectivity index (χ0) is 10.8. The van der Waals surface area contributed by atoms with E-state index in [9.17, 15) is 4.79 Å². The molecule has 14 heavy (non-hydrogen) atoms. The molecule has 1 rings (SSSR count). The standard InChI is InChI=1S/C9H8O3.C2H4/c1-2-9(10)12-11-8-6-4-3-5-7-8;1-2/h2-7H,1H2;1-2H2. The maximum atomic E-state index is 10.5. The van der Waals surface area contributed by atoms with Crippen molar-refractivity contribution >= 4 is 5.97 Å². The molecule has 0 radical (unpaired) electrons. The van der Waals surface area contributed by atoms with Gasteiger partial charge in [0, 0.05) is 6.08 Å². The van der Waals surface area contributed by atoms with Gasteiger partial charge in [-0.25, -0.2) is 9.68 Å². The molecule has 0 aromatic heterocycles. The van der Waals surface area contributed by atoms with Gasteiger partial charge in [-0.15, -0.1) is 13.2 Å². The lowest BCUT2D eigenvalue weighted by molar-refractivity contribution is -0.207. The molecule has 74 valence electrons. The number of carbonyl (C=O) groups is 1. The van der Waals surface area contributed by atoms with Gasteiger partial charge in [-0.05, 0) is 12.1 Å². The van der Waals surface area contributed by atoms with Gasteiger partial charge in [-0.2, -0.15) is 0 Å².